The highest BCUT2D eigenvalue weighted by Crippen LogP contribution is 2.22. The van der Waals surface area contributed by atoms with Crippen LogP contribution in [0, 0.1) is 0 Å². The second-order valence-corrected chi connectivity index (χ2v) is 7.83. The topological polar surface area (TPSA) is 60.4 Å². The summed E-state index contributed by atoms with van der Waals surface area (Å²) in [5.41, 5.74) is 0.827. The standard InChI is InChI=1S/C21H18O4S/c1-25-21(22)19(13-16-7-3-2-4-8-16)15-26(23,24)20-12-11-17-9-5-6-10-18(17)14-20/h2-14H,15H2,1H3/b19-13+. The van der Waals surface area contributed by atoms with Gasteiger partial charge in [-0.2, -0.15) is 0 Å². The van der Waals surface area contributed by atoms with Gasteiger partial charge in [-0.1, -0.05) is 60.7 Å². The van der Waals surface area contributed by atoms with E-state index in [9.17, 15) is 13.2 Å². The predicted octanol–water partition coefficient (Wildman–Crippen LogP) is 3.87. The number of sulfone groups is 1. The van der Waals surface area contributed by atoms with E-state index in [0.29, 0.717) is 0 Å². The summed E-state index contributed by atoms with van der Waals surface area (Å²) in [7, 11) is -2.46. The Labute approximate surface area is 152 Å². The van der Waals surface area contributed by atoms with Crippen LogP contribution in [-0.4, -0.2) is 27.2 Å². The summed E-state index contributed by atoms with van der Waals surface area (Å²) in [5.74, 6) is -1.08. The van der Waals surface area contributed by atoms with Crippen LogP contribution < -0.4 is 0 Å². The number of carbonyl (C=O) groups is 1. The molecule has 3 aromatic carbocycles. The molecule has 0 heterocycles. The third-order valence-corrected chi connectivity index (χ3v) is 5.68. The van der Waals surface area contributed by atoms with Crippen LogP contribution in [0.25, 0.3) is 16.8 Å². The molecule has 0 aliphatic heterocycles. The summed E-state index contributed by atoms with van der Waals surface area (Å²) in [6.07, 6.45) is 1.55. The first kappa shape index (κ1) is 17.9. The zero-order valence-corrected chi connectivity index (χ0v) is 15.1. The minimum Gasteiger partial charge on any atom is -0.466 e. The van der Waals surface area contributed by atoms with Gasteiger partial charge in [0.2, 0.25) is 0 Å². The van der Waals surface area contributed by atoms with Gasteiger partial charge in [0, 0.05) is 0 Å². The Hall–Kier alpha value is -2.92. The van der Waals surface area contributed by atoms with Crippen LogP contribution in [0.15, 0.2) is 83.3 Å². The molecule has 0 unspecified atom stereocenters. The van der Waals surface area contributed by atoms with E-state index in [1.165, 1.54) is 7.11 Å². The van der Waals surface area contributed by atoms with Crippen molar-refractivity contribution in [2.45, 2.75) is 4.90 Å². The monoisotopic (exact) mass is 366 g/mol. The van der Waals surface area contributed by atoms with Gasteiger partial charge in [0.25, 0.3) is 0 Å². The van der Waals surface area contributed by atoms with Crippen molar-refractivity contribution in [3.05, 3.63) is 83.9 Å². The average molecular weight is 366 g/mol. The molecule has 0 bridgehead atoms. The van der Waals surface area contributed by atoms with Gasteiger partial charge in [0.1, 0.15) is 0 Å². The SMILES string of the molecule is COC(=O)/C(=C/c1ccccc1)CS(=O)(=O)c1ccc2ccccc2c1. The first-order valence-corrected chi connectivity index (χ1v) is 9.70. The van der Waals surface area contributed by atoms with E-state index in [1.54, 1.807) is 36.4 Å². The van der Waals surface area contributed by atoms with E-state index in [-0.39, 0.29) is 10.5 Å². The molecule has 0 amide bonds. The number of carbonyl (C=O) groups excluding carboxylic acids is 1. The maximum atomic E-state index is 12.8. The van der Waals surface area contributed by atoms with Crippen molar-refractivity contribution in [3.63, 3.8) is 0 Å². The normalized spacial score (nSPS) is 12.1. The molecule has 0 saturated heterocycles. The quantitative estimate of drug-likeness (QED) is 0.508. The summed E-state index contributed by atoms with van der Waals surface area (Å²) in [4.78, 5) is 12.3. The molecule has 26 heavy (non-hydrogen) atoms. The summed E-state index contributed by atoms with van der Waals surface area (Å²) in [5, 5.41) is 1.79. The molecular weight excluding hydrogens is 348 g/mol. The van der Waals surface area contributed by atoms with Gasteiger partial charge in [-0.15, -0.1) is 0 Å². The molecule has 0 fully saturated rings. The minimum atomic E-state index is -3.70. The maximum absolute atomic E-state index is 12.8. The third kappa shape index (κ3) is 4.00. The largest absolute Gasteiger partial charge is 0.466 e. The van der Waals surface area contributed by atoms with E-state index in [1.807, 2.05) is 42.5 Å². The predicted molar refractivity (Wildman–Crippen MR) is 102 cm³/mol. The van der Waals surface area contributed by atoms with E-state index >= 15 is 0 Å². The van der Waals surface area contributed by atoms with E-state index < -0.39 is 21.6 Å². The number of fused-ring (bicyclic) bond motifs is 1. The van der Waals surface area contributed by atoms with Gasteiger partial charge in [0.05, 0.1) is 23.3 Å². The van der Waals surface area contributed by atoms with Crippen molar-refractivity contribution in [1.29, 1.82) is 0 Å². The van der Waals surface area contributed by atoms with Crippen molar-refractivity contribution in [1.82, 2.24) is 0 Å². The van der Waals surface area contributed by atoms with Gasteiger partial charge in [-0.3, -0.25) is 0 Å². The highest BCUT2D eigenvalue weighted by molar-refractivity contribution is 7.91. The molecule has 3 aromatic rings. The van der Waals surface area contributed by atoms with Crippen LogP contribution in [-0.2, 0) is 19.4 Å². The van der Waals surface area contributed by atoms with Crippen molar-refractivity contribution < 1.29 is 17.9 Å². The molecule has 0 spiro atoms. The van der Waals surface area contributed by atoms with Crippen molar-refractivity contribution in [2.75, 3.05) is 12.9 Å². The van der Waals surface area contributed by atoms with Crippen LogP contribution >= 0.6 is 0 Å². The molecule has 0 aliphatic rings. The number of rotatable bonds is 5. The molecule has 132 valence electrons. The Morgan fingerprint density at radius 1 is 0.923 bits per heavy atom. The van der Waals surface area contributed by atoms with Gasteiger partial charge in [-0.05, 0) is 34.5 Å². The third-order valence-electron chi connectivity index (χ3n) is 4.01. The second-order valence-electron chi connectivity index (χ2n) is 5.84. The lowest BCUT2D eigenvalue weighted by Gasteiger charge is -2.09. The minimum absolute atomic E-state index is 0.0897. The van der Waals surface area contributed by atoms with Crippen molar-refractivity contribution >= 4 is 32.7 Å². The smallest absolute Gasteiger partial charge is 0.334 e. The summed E-state index contributed by atoms with van der Waals surface area (Å²) >= 11 is 0. The molecule has 0 atom stereocenters. The van der Waals surface area contributed by atoms with Crippen LogP contribution in [0.2, 0.25) is 0 Å². The number of hydrogen-bond donors (Lipinski definition) is 0. The molecule has 3 rings (SSSR count). The van der Waals surface area contributed by atoms with Gasteiger partial charge < -0.3 is 4.74 Å². The Balaban J connectivity index is 1.98. The zero-order chi connectivity index (χ0) is 18.6. The summed E-state index contributed by atoms with van der Waals surface area (Å²) in [6, 6.07) is 21.6. The molecular formula is C21H18O4S. The van der Waals surface area contributed by atoms with E-state index in [0.717, 1.165) is 16.3 Å². The van der Waals surface area contributed by atoms with Crippen LogP contribution in [0.3, 0.4) is 0 Å². The lowest BCUT2D eigenvalue weighted by Crippen LogP contribution is -2.16. The highest BCUT2D eigenvalue weighted by atomic mass is 32.2. The van der Waals surface area contributed by atoms with E-state index in [2.05, 4.69) is 0 Å². The summed E-state index contributed by atoms with van der Waals surface area (Å²) in [6.45, 7) is 0. The molecule has 0 aliphatic carbocycles. The van der Waals surface area contributed by atoms with Gasteiger partial charge >= 0.3 is 5.97 Å². The average Bonchev–Trinajstić information content (AvgIpc) is 2.67. The van der Waals surface area contributed by atoms with Crippen molar-refractivity contribution in [2.24, 2.45) is 0 Å². The molecule has 0 aromatic heterocycles. The van der Waals surface area contributed by atoms with Crippen molar-refractivity contribution in [3.8, 4) is 0 Å². The van der Waals surface area contributed by atoms with Gasteiger partial charge in [0.15, 0.2) is 9.84 Å². The molecule has 5 heteroatoms. The van der Waals surface area contributed by atoms with Gasteiger partial charge in [-0.25, -0.2) is 13.2 Å². The Bertz CT molecular complexity index is 1070. The van der Waals surface area contributed by atoms with Crippen LogP contribution in [0.5, 0.6) is 0 Å². The Morgan fingerprint density at radius 2 is 1.58 bits per heavy atom. The number of hydrogen-bond acceptors (Lipinski definition) is 4. The molecule has 4 nitrogen and oxygen atoms in total. The molecule has 0 radical (unpaired) electrons. The maximum Gasteiger partial charge on any atom is 0.334 e. The van der Waals surface area contributed by atoms with Crippen LogP contribution in [0.4, 0.5) is 0 Å². The van der Waals surface area contributed by atoms with E-state index in [4.69, 9.17) is 4.74 Å². The number of esters is 1. The fraction of sp³-hybridized carbons (Fsp3) is 0.0952. The fourth-order valence-corrected chi connectivity index (χ4v) is 4.05. The Kier molecular flexibility index (Phi) is 5.19. The second kappa shape index (κ2) is 7.54. The lowest BCUT2D eigenvalue weighted by atomic mass is 10.1. The highest BCUT2D eigenvalue weighted by Gasteiger charge is 2.22. The molecule has 0 N–H and O–H groups in total. The fourth-order valence-electron chi connectivity index (χ4n) is 2.69. The Morgan fingerprint density at radius 3 is 2.27 bits per heavy atom. The molecule has 0 saturated carbocycles. The first-order valence-electron chi connectivity index (χ1n) is 8.05. The number of methoxy groups -OCH3 is 1. The zero-order valence-electron chi connectivity index (χ0n) is 14.3. The number of benzene rings is 3. The first-order chi connectivity index (χ1) is 12.5. The summed E-state index contributed by atoms with van der Waals surface area (Å²) < 4.78 is 30.5. The van der Waals surface area contributed by atoms with Crippen LogP contribution in [0.1, 0.15) is 5.56 Å². The number of ether oxygens (including phenoxy) is 1. The lowest BCUT2D eigenvalue weighted by molar-refractivity contribution is -0.135.